The first-order valence-electron chi connectivity index (χ1n) is 16.9. The third-order valence-corrected chi connectivity index (χ3v) is 10.5. The zero-order chi connectivity index (χ0) is 37.4. The van der Waals surface area contributed by atoms with Gasteiger partial charge in [0.25, 0.3) is 11.8 Å². The lowest BCUT2D eigenvalue weighted by atomic mass is 9.85. The summed E-state index contributed by atoms with van der Waals surface area (Å²) in [7, 11) is 2.99. The highest BCUT2D eigenvalue weighted by atomic mass is 19.4. The van der Waals surface area contributed by atoms with E-state index in [1.165, 1.54) is 37.3 Å². The monoisotopic (exact) mass is 728 g/mol. The normalized spacial score (nSPS) is 24.0. The topological polar surface area (TPSA) is 151 Å². The van der Waals surface area contributed by atoms with Crippen molar-refractivity contribution >= 4 is 29.3 Å². The molecule has 0 spiro atoms. The van der Waals surface area contributed by atoms with Crippen LogP contribution in [0.5, 0.6) is 5.75 Å². The Hall–Kier alpha value is -4.99. The van der Waals surface area contributed by atoms with E-state index >= 15 is 4.39 Å². The number of ether oxygens (including phenoxy) is 2. The van der Waals surface area contributed by atoms with Crippen molar-refractivity contribution in [3.8, 4) is 5.75 Å². The Labute approximate surface area is 297 Å². The first-order chi connectivity index (χ1) is 24.7. The van der Waals surface area contributed by atoms with Gasteiger partial charge in [-0.15, -0.1) is 10.2 Å². The number of carboxylic acid groups (broad SMARTS) is 1. The molecule has 0 unspecified atom stereocenters. The molecule has 3 N–H and O–H groups in total. The molecule has 4 atom stereocenters. The van der Waals surface area contributed by atoms with Crippen molar-refractivity contribution in [1.29, 1.82) is 0 Å². The number of piperidine rings is 1. The summed E-state index contributed by atoms with van der Waals surface area (Å²) in [5.74, 6) is -4.15. The smallest absolute Gasteiger partial charge is 0.416 e. The number of primary amides is 1. The number of methoxy groups -OCH3 is 2. The van der Waals surface area contributed by atoms with E-state index in [1.807, 2.05) is 0 Å². The van der Waals surface area contributed by atoms with Crippen LogP contribution >= 0.6 is 0 Å². The summed E-state index contributed by atoms with van der Waals surface area (Å²) >= 11 is 0. The molecule has 0 saturated carbocycles. The number of rotatable bonds is 10. The number of benzene rings is 2. The fourth-order valence-electron chi connectivity index (χ4n) is 7.75. The first kappa shape index (κ1) is 36.8. The van der Waals surface area contributed by atoms with Gasteiger partial charge in [0.05, 0.1) is 31.7 Å². The Morgan fingerprint density at radius 1 is 0.962 bits per heavy atom. The molecule has 3 saturated heterocycles. The average molecular weight is 729 g/mol. The molecular formula is C36H40F4N6O6. The zero-order valence-corrected chi connectivity index (χ0v) is 28.7. The van der Waals surface area contributed by atoms with Crippen LogP contribution < -0.4 is 20.3 Å². The number of carbonyl (C=O) groups is 3. The SMILES string of the molecule is COC[C@H]1CN(C(=O)[C@]2(F)CN(c3ccc(C(N)=O)nn3)C[C@H]2c2ccc(OC)cc2)C[C@@H]1c1ccc(C(F)(F)F)cc1N1CCC(C(=O)O)CC1. The maximum absolute atomic E-state index is 17.7. The van der Waals surface area contributed by atoms with E-state index in [4.69, 9.17) is 15.2 Å². The van der Waals surface area contributed by atoms with Gasteiger partial charge in [-0.05, 0) is 60.4 Å². The minimum atomic E-state index is -4.62. The van der Waals surface area contributed by atoms with Crippen molar-refractivity contribution in [2.24, 2.45) is 17.6 Å². The Balaban J connectivity index is 1.33. The van der Waals surface area contributed by atoms with Crippen molar-refractivity contribution in [2.45, 2.75) is 36.5 Å². The molecule has 3 aliphatic rings. The number of likely N-dealkylation sites (tertiary alicyclic amines) is 1. The summed E-state index contributed by atoms with van der Waals surface area (Å²) in [4.78, 5) is 42.5. The molecule has 1 aromatic heterocycles. The summed E-state index contributed by atoms with van der Waals surface area (Å²) in [6.45, 7) is 0.418. The molecule has 52 heavy (non-hydrogen) atoms. The van der Waals surface area contributed by atoms with E-state index in [0.717, 1.165) is 12.1 Å². The molecule has 2 amide bonds. The van der Waals surface area contributed by atoms with Crippen molar-refractivity contribution in [1.82, 2.24) is 15.1 Å². The van der Waals surface area contributed by atoms with Crippen LogP contribution in [-0.2, 0) is 20.5 Å². The second-order valence-electron chi connectivity index (χ2n) is 13.6. The van der Waals surface area contributed by atoms with Crippen molar-refractivity contribution in [2.75, 3.05) is 69.9 Å². The Morgan fingerprint density at radius 2 is 1.67 bits per heavy atom. The van der Waals surface area contributed by atoms with Gasteiger partial charge in [0.2, 0.25) is 5.67 Å². The number of aliphatic carboxylic acids is 1. The van der Waals surface area contributed by atoms with E-state index < -0.39 is 52.9 Å². The number of carboxylic acids is 1. The van der Waals surface area contributed by atoms with Crippen molar-refractivity contribution < 1.29 is 46.5 Å². The van der Waals surface area contributed by atoms with Crippen LogP contribution in [0.25, 0.3) is 0 Å². The summed E-state index contributed by atoms with van der Waals surface area (Å²) in [5.41, 5.74) is 3.34. The van der Waals surface area contributed by atoms with Crippen LogP contribution in [0.1, 0.15) is 51.9 Å². The van der Waals surface area contributed by atoms with Gasteiger partial charge < -0.3 is 35.0 Å². The molecule has 0 aliphatic carbocycles. The molecule has 278 valence electrons. The fraction of sp³-hybridized carbons (Fsp3) is 0.472. The summed E-state index contributed by atoms with van der Waals surface area (Å²) in [6, 6.07) is 13.1. The van der Waals surface area contributed by atoms with Gasteiger partial charge in [0.1, 0.15) is 5.75 Å². The summed E-state index contributed by atoms with van der Waals surface area (Å²) in [5, 5.41) is 17.4. The maximum atomic E-state index is 17.7. The molecule has 16 heteroatoms. The summed E-state index contributed by atoms with van der Waals surface area (Å²) in [6.07, 6.45) is -4.08. The van der Waals surface area contributed by atoms with E-state index in [2.05, 4.69) is 10.2 Å². The van der Waals surface area contributed by atoms with Crippen molar-refractivity contribution in [3.05, 3.63) is 77.0 Å². The number of nitrogens with zero attached hydrogens (tertiary/aromatic N) is 5. The average Bonchev–Trinajstić information content (AvgIpc) is 3.72. The molecule has 6 rings (SSSR count). The number of carbonyl (C=O) groups excluding carboxylic acids is 2. The minimum absolute atomic E-state index is 0.0188. The molecule has 0 bridgehead atoms. The Morgan fingerprint density at radius 3 is 2.25 bits per heavy atom. The summed E-state index contributed by atoms with van der Waals surface area (Å²) < 4.78 is 70.4. The van der Waals surface area contributed by atoms with Gasteiger partial charge >= 0.3 is 12.1 Å². The number of nitrogens with two attached hydrogens (primary N) is 1. The molecule has 3 fully saturated rings. The third kappa shape index (κ3) is 7.20. The lowest BCUT2D eigenvalue weighted by molar-refractivity contribution is -0.143. The maximum Gasteiger partial charge on any atom is 0.416 e. The number of amides is 2. The minimum Gasteiger partial charge on any atom is -0.497 e. The highest BCUT2D eigenvalue weighted by molar-refractivity contribution is 5.91. The highest BCUT2D eigenvalue weighted by Gasteiger charge is 2.57. The second kappa shape index (κ2) is 14.6. The van der Waals surface area contributed by atoms with Crippen LogP contribution in [0.3, 0.4) is 0 Å². The first-order valence-corrected chi connectivity index (χ1v) is 16.9. The molecular weight excluding hydrogens is 688 g/mol. The van der Waals surface area contributed by atoms with Crippen LogP contribution in [0.2, 0.25) is 0 Å². The van der Waals surface area contributed by atoms with Crippen LogP contribution in [0.4, 0.5) is 29.1 Å². The lowest BCUT2D eigenvalue weighted by Gasteiger charge is -2.35. The number of anilines is 2. The predicted octanol–water partition coefficient (Wildman–Crippen LogP) is 4.10. The predicted molar refractivity (Wildman–Crippen MR) is 181 cm³/mol. The third-order valence-electron chi connectivity index (χ3n) is 10.5. The van der Waals surface area contributed by atoms with E-state index in [0.29, 0.717) is 22.6 Å². The molecule has 3 aliphatic heterocycles. The van der Waals surface area contributed by atoms with Crippen LogP contribution in [0.15, 0.2) is 54.6 Å². The second-order valence-corrected chi connectivity index (χ2v) is 13.6. The number of halogens is 4. The molecule has 4 heterocycles. The number of hydrogen-bond donors (Lipinski definition) is 2. The zero-order valence-electron chi connectivity index (χ0n) is 28.7. The van der Waals surface area contributed by atoms with Gasteiger partial charge in [-0.3, -0.25) is 14.4 Å². The van der Waals surface area contributed by atoms with Crippen molar-refractivity contribution in [3.63, 3.8) is 0 Å². The van der Waals surface area contributed by atoms with Gasteiger partial charge in [-0.1, -0.05) is 18.2 Å². The van der Waals surface area contributed by atoms with Gasteiger partial charge in [-0.25, -0.2) is 4.39 Å². The standard InChI is InChI=1S/C36H40F4N6O6/c1-51-19-23-16-45(17-27(23)26-8-5-24(36(38,39)40)15-30(26)44-13-11-22(12-14-44)33(48)49)34(50)35(37)20-46(31-10-9-29(32(41)47)42-43-31)18-28(35)21-3-6-25(52-2)7-4-21/h3-10,15,22-23,27-28H,11-14,16-20H2,1-2H3,(H2,41,47)(H,48,49)/t23-,27+,28+,35+/m1/s1. The highest BCUT2D eigenvalue weighted by Crippen LogP contribution is 2.46. The quantitative estimate of drug-likeness (QED) is 0.292. The van der Waals surface area contributed by atoms with E-state index in [-0.39, 0.29) is 76.1 Å². The van der Waals surface area contributed by atoms with Gasteiger partial charge in [0.15, 0.2) is 11.5 Å². The largest absolute Gasteiger partial charge is 0.497 e. The number of hydrogen-bond acceptors (Lipinski definition) is 9. The molecule has 12 nitrogen and oxygen atoms in total. The van der Waals surface area contributed by atoms with E-state index in [9.17, 15) is 32.7 Å². The van der Waals surface area contributed by atoms with Crippen LogP contribution in [0, 0.1) is 11.8 Å². The molecule has 2 aromatic carbocycles. The van der Waals surface area contributed by atoms with Gasteiger partial charge in [0, 0.05) is 63.3 Å². The Kier molecular flexibility index (Phi) is 10.3. The fourth-order valence-corrected chi connectivity index (χ4v) is 7.75. The molecule has 0 radical (unpaired) electrons. The number of aromatic nitrogens is 2. The molecule has 3 aromatic rings. The Bertz CT molecular complexity index is 1790. The van der Waals surface area contributed by atoms with Crippen LogP contribution in [-0.4, -0.2) is 104 Å². The van der Waals surface area contributed by atoms with Gasteiger partial charge in [-0.2, -0.15) is 13.2 Å². The van der Waals surface area contributed by atoms with E-state index in [1.54, 1.807) is 34.1 Å². The number of alkyl halides is 4. The lowest BCUT2D eigenvalue weighted by Crippen LogP contribution is -2.50.